The van der Waals surface area contributed by atoms with Crippen molar-refractivity contribution in [1.29, 1.82) is 0 Å². The first kappa shape index (κ1) is 16.5. The third kappa shape index (κ3) is 3.87. The Morgan fingerprint density at radius 2 is 1.71 bits per heavy atom. The van der Waals surface area contributed by atoms with Crippen molar-refractivity contribution in [3.8, 4) is 0 Å². The Morgan fingerprint density at radius 1 is 1.05 bits per heavy atom. The maximum Gasteiger partial charge on any atom is 0.263 e. The van der Waals surface area contributed by atoms with Crippen molar-refractivity contribution >= 4 is 47.6 Å². The SMILES string of the molecule is CC(C)c1ccccc1NS(=O)(=O)c1cc(Br)ccc1Br. The van der Waals surface area contributed by atoms with Crippen LogP contribution in [0.4, 0.5) is 5.69 Å². The lowest BCUT2D eigenvalue weighted by Gasteiger charge is -2.15. The lowest BCUT2D eigenvalue weighted by atomic mass is 10.0. The van der Waals surface area contributed by atoms with Crippen LogP contribution in [0.25, 0.3) is 0 Å². The second kappa shape index (κ2) is 6.50. The zero-order valence-corrected chi connectivity index (χ0v) is 15.6. The van der Waals surface area contributed by atoms with E-state index in [-0.39, 0.29) is 10.8 Å². The van der Waals surface area contributed by atoms with E-state index in [0.29, 0.717) is 14.6 Å². The third-order valence-electron chi connectivity index (χ3n) is 3.01. The van der Waals surface area contributed by atoms with E-state index in [1.165, 1.54) is 0 Å². The van der Waals surface area contributed by atoms with E-state index in [1.54, 1.807) is 24.3 Å². The molecule has 0 aliphatic carbocycles. The fourth-order valence-electron chi connectivity index (χ4n) is 1.98. The van der Waals surface area contributed by atoms with Gasteiger partial charge in [-0.1, -0.05) is 48.0 Å². The molecular formula is C15H15Br2NO2S. The van der Waals surface area contributed by atoms with Gasteiger partial charge in [-0.2, -0.15) is 0 Å². The molecule has 0 saturated heterocycles. The van der Waals surface area contributed by atoms with Crippen molar-refractivity contribution in [3.63, 3.8) is 0 Å². The lowest BCUT2D eigenvalue weighted by Crippen LogP contribution is -2.15. The Kier molecular flexibility index (Phi) is 5.11. The minimum Gasteiger partial charge on any atom is -0.279 e. The quantitative estimate of drug-likeness (QED) is 0.727. The molecule has 21 heavy (non-hydrogen) atoms. The van der Waals surface area contributed by atoms with E-state index in [0.717, 1.165) is 5.56 Å². The highest BCUT2D eigenvalue weighted by Gasteiger charge is 2.20. The Hall–Kier alpha value is -0.850. The van der Waals surface area contributed by atoms with E-state index in [2.05, 4.69) is 36.6 Å². The van der Waals surface area contributed by atoms with Gasteiger partial charge in [-0.15, -0.1) is 0 Å². The van der Waals surface area contributed by atoms with E-state index >= 15 is 0 Å². The monoisotopic (exact) mass is 431 g/mol. The van der Waals surface area contributed by atoms with E-state index in [4.69, 9.17) is 0 Å². The van der Waals surface area contributed by atoms with Crippen molar-refractivity contribution in [1.82, 2.24) is 0 Å². The zero-order valence-electron chi connectivity index (χ0n) is 11.6. The van der Waals surface area contributed by atoms with Crippen LogP contribution < -0.4 is 4.72 Å². The molecule has 6 heteroatoms. The first-order valence-electron chi connectivity index (χ1n) is 6.38. The molecule has 0 aliphatic rings. The normalized spacial score (nSPS) is 11.7. The third-order valence-corrected chi connectivity index (χ3v) is 5.86. The summed E-state index contributed by atoms with van der Waals surface area (Å²) in [6, 6.07) is 12.5. The van der Waals surface area contributed by atoms with Crippen molar-refractivity contribution < 1.29 is 8.42 Å². The number of para-hydroxylation sites is 1. The van der Waals surface area contributed by atoms with Crippen LogP contribution >= 0.6 is 31.9 Å². The summed E-state index contributed by atoms with van der Waals surface area (Å²) in [5.41, 5.74) is 1.58. The smallest absolute Gasteiger partial charge is 0.263 e. The molecule has 0 aliphatic heterocycles. The zero-order chi connectivity index (χ0) is 15.6. The van der Waals surface area contributed by atoms with Gasteiger partial charge in [0, 0.05) is 8.95 Å². The molecule has 0 bridgehead atoms. The maximum absolute atomic E-state index is 12.6. The number of sulfonamides is 1. The predicted octanol–water partition coefficient (Wildman–Crippen LogP) is 5.14. The van der Waals surface area contributed by atoms with Crippen LogP contribution in [-0.4, -0.2) is 8.42 Å². The molecule has 0 radical (unpaired) electrons. The van der Waals surface area contributed by atoms with Crippen LogP contribution in [-0.2, 0) is 10.0 Å². The highest BCUT2D eigenvalue weighted by atomic mass is 79.9. The topological polar surface area (TPSA) is 46.2 Å². The van der Waals surface area contributed by atoms with E-state index in [9.17, 15) is 8.42 Å². The molecule has 0 heterocycles. The maximum atomic E-state index is 12.6. The molecule has 3 nitrogen and oxygen atoms in total. The number of halogens is 2. The van der Waals surface area contributed by atoms with Crippen LogP contribution in [0, 0.1) is 0 Å². The number of nitrogens with one attached hydrogen (secondary N) is 1. The van der Waals surface area contributed by atoms with Gasteiger partial charge in [-0.25, -0.2) is 8.42 Å². The summed E-state index contributed by atoms with van der Waals surface area (Å²) in [4.78, 5) is 0.204. The summed E-state index contributed by atoms with van der Waals surface area (Å²) in [5, 5.41) is 0. The van der Waals surface area contributed by atoms with Crippen LogP contribution in [0.2, 0.25) is 0 Å². The summed E-state index contributed by atoms with van der Waals surface area (Å²) >= 11 is 6.59. The Labute approximate surface area is 142 Å². The minimum atomic E-state index is -3.65. The molecule has 2 rings (SSSR count). The average Bonchev–Trinajstić information content (AvgIpc) is 2.41. The van der Waals surface area contributed by atoms with Crippen LogP contribution in [0.15, 0.2) is 56.3 Å². The minimum absolute atomic E-state index is 0.204. The predicted molar refractivity (Wildman–Crippen MR) is 93.2 cm³/mol. The van der Waals surface area contributed by atoms with Gasteiger partial charge in [-0.05, 0) is 51.7 Å². The van der Waals surface area contributed by atoms with Gasteiger partial charge in [0.25, 0.3) is 10.0 Å². The molecule has 1 N–H and O–H groups in total. The largest absolute Gasteiger partial charge is 0.279 e. The molecule has 2 aromatic carbocycles. The van der Waals surface area contributed by atoms with Crippen LogP contribution in [0.1, 0.15) is 25.3 Å². The van der Waals surface area contributed by atoms with Gasteiger partial charge < -0.3 is 0 Å². The van der Waals surface area contributed by atoms with Crippen molar-refractivity contribution in [3.05, 3.63) is 57.0 Å². The number of benzene rings is 2. The van der Waals surface area contributed by atoms with Crippen molar-refractivity contribution in [2.24, 2.45) is 0 Å². The second-order valence-corrected chi connectivity index (χ2v) is 8.34. The average molecular weight is 433 g/mol. The molecular weight excluding hydrogens is 418 g/mol. The lowest BCUT2D eigenvalue weighted by molar-refractivity contribution is 0.600. The fraction of sp³-hybridized carbons (Fsp3) is 0.200. The first-order chi connectivity index (χ1) is 9.81. The highest BCUT2D eigenvalue weighted by Crippen LogP contribution is 2.30. The van der Waals surface area contributed by atoms with Gasteiger partial charge >= 0.3 is 0 Å². The van der Waals surface area contributed by atoms with Gasteiger partial charge in [-0.3, -0.25) is 4.72 Å². The summed E-state index contributed by atoms with van der Waals surface area (Å²) in [6.45, 7) is 4.06. The van der Waals surface area contributed by atoms with Gasteiger partial charge in [0.05, 0.1) is 5.69 Å². The molecule has 0 unspecified atom stereocenters. The fourth-order valence-corrected chi connectivity index (χ4v) is 4.57. The van der Waals surface area contributed by atoms with E-state index in [1.807, 2.05) is 32.0 Å². The summed E-state index contributed by atoms with van der Waals surface area (Å²) < 4.78 is 29.1. The summed E-state index contributed by atoms with van der Waals surface area (Å²) in [6.07, 6.45) is 0. The summed E-state index contributed by atoms with van der Waals surface area (Å²) in [5.74, 6) is 0.231. The Balaban J connectivity index is 2.45. The number of hydrogen-bond donors (Lipinski definition) is 1. The second-order valence-electron chi connectivity index (χ2n) is 4.92. The molecule has 0 atom stereocenters. The molecule has 0 amide bonds. The molecule has 0 saturated carbocycles. The standard InChI is InChI=1S/C15H15Br2NO2S/c1-10(2)12-5-3-4-6-14(12)18-21(19,20)15-9-11(16)7-8-13(15)17/h3-10,18H,1-2H3. The first-order valence-corrected chi connectivity index (χ1v) is 9.45. The number of anilines is 1. The van der Waals surface area contributed by atoms with Gasteiger partial charge in [0.1, 0.15) is 4.90 Å². The summed E-state index contributed by atoms with van der Waals surface area (Å²) in [7, 11) is -3.65. The number of rotatable bonds is 4. The van der Waals surface area contributed by atoms with Gasteiger partial charge in [0.15, 0.2) is 0 Å². The molecule has 0 spiro atoms. The highest BCUT2D eigenvalue weighted by molar-refractivity contribution is 9.11. The van der Waals surface area contributed by atoms with Gasteiger partial charge in [0.2, 0.25) is 0 Å². The van der Waals surface area contributed by atoms with E-state index < -0.39 is 10.0 Å². The number of hydrogen-bond acceptors (Lipinski definition) is 2. The molecule has 0 fully saturated rings. The van der Waals surface area contributed by atoms with Crippen molar-refractivity contribution in [2.45, 2.75) is 24.7 Å². The Bertz CT molecular complexity index is 758. The van der Waals surface area contributed by atoms with Crippen LogP contribution in [0.3, 0.4) is 0 Å². The molecule has 2 aromatic rings. The molecule has 0 aromatic heterocycles. The molecule has 112 valence electrons. The van der Waals surface area contributed by atoms with Crippen molar-refractivity contribution in [2.75, 3.05) is 4.72 Å². The van der Waals surface area contributed by atoms with Crippen LogP contribution in [0.5, 0.6) is 0 Å². The Morgan fingerprint density at radius 3 is 2.38 bits per heavy atom.